The summed E-state index contributed by atoms with van der Waals surface area (Å²) in [5.74, 6) is 2.22. The number of alkyl carbamates (subject to hydrolysis) is 1. The van der Waals surface area contributed by atoms with E-state index < -0.39 is 55.0 Å². The molecule has 2 aromatic heterocycles. The van der Waals surface area contributed by atoms with E-state index in [1.807, 2.05) is 84.7 Å². The highest BCUT2D eigenvalue weighted by atomic mass is 19.3. The van der Waals surface area contributed by atoms with E-state index in [1.165, 1.54) is 33.5 Å². The average Bonchev–Trinajstić information content (AvgIpc) is 1.72. The van der Waals surface area contributed by atoms with Crippen molar-refractivity contribution in [2.24, 2.45) is 45.5 Å². The van der Waals surface area contributed by atoms with E-state index in [1.54, 1.807) is 16.0 Å². The molecule has 8 aliphatic rings. The van der Waals surface area contributed by atoms with Crippen LogP contribution in [-0.2, 0) is 64.1 Å². The number of aliphatic imine (C=N–C) groups is 2. The Morgan fingerprint density at radius 2 is 1.14 bits per heavy atom. The Morgan fingerprint density at radius 3 is 1.65 bits per heavy atom. The zero-order chi connectivity index (χ0) is 79.6. The van der Waals surface area contributed by atoms with Crippen molar-refractivity contribution in [3.05, 3.63) is 131 Å². The van der Waals surface area contributed by atoms with Gasteiger partial charge in [-0.3, -0.25) is 29.3 Å². The smallest absolute Gasteiger partial charge is 0.410 e. The van der Waals surface area contributed by atoms with Gasteiger partial charge in [0.25, 0.3) is 0 Å². The number of imidazole rings is 2. The van der Waals surface area contributed by atoms with E-state index in [9.17, 15) is 41.5 Å². The zero-order valence-electron chi connectivity index (χ0n) is 65.7. The molecule has 0 bridgehead atoms. The summed E-state index contributed by atoms with van der Waals surface area (Å²) in [6.45, 7) is 12.5. The molecule has 113 heavy (non-hydrogen) atoms. The van der Waals surface area contributed by atoms with Gasteiger partial charge in [0.1, 0.15) is 48.0 Å². The molecule has 4 amide bonds. The summed E-state index contributed by atoms with van der Waals surface area (Å²) in [5, 5.41) is 6.83. The summed E-state index contributed by atoms with van der Waals surface area (Å²) in [5.41, 5.74) is 14.9. The lowest BCUT2D eigenvalue weighted by Crippen LogP contribution is -2.52. The van der Waals surface area contributed by atoms with Crippen molar-refractivity contribution >= 4 is 74.3 Å². The fourth-order valence-electron chi connectivity index (χ4n) is 18.0. The Bertz CT molecular complexity index is 5070. The summed E-state index contributed by atoms with van der Waals surface area (Å²) in [6, 6.07) is 27.5. The number of methoxy groups -OCH3 is 2. The van der Waals surface area contributed by atoms with Gasteiger partial charge in [0, 0.05) is 72.3 Å². The molecular formula is C87H98F4N10O12. The fourth-order valence-corrected chi connectivity index (χ4v) is 18.0. The van der Waals surface area contributed by atoms with E-state index in [-0.39, 0.29) is 86.3 Å². The van der Waals surface area contributed by atoms with Gasteiger partial charge in [-0.05, 0) is 205 Å². The first-order valence-electron chi connectivity index (χ1n) is 39.4. The number of halogens is 4. The number of carbonyl (C=O) groups is 5. The molecule has 7 aliphatic heterocycles. The van der Waals surface area contributed by atoms with Gasteiger partial charge in [0.2, 0.25) is 11.8 Å². The van der Waals surface area contributed by atoms with Crippen LogP contribution < -0.4 is 14.8 Å². The number of hydrogen-bond acceptors (Lipinski definition) is 16. The van der Waals surface area contributed by atoms with Crippen LogP contribution in [0.15, 0.2) is 107 Å². The molecule has 1 aliphatic carbocycles. The van der Waals surface area contributed by atoms with Crippen molar-refractivity contribution in [2.75, 3.05) is 40.5 Å². The van der Waals surface area contributed by atoms with Crippen LogP contribution in [0.4, 0.5) is 38.5 Å². The summed E-state index contributed by atoms with van der Waals surface area (Å²) < 4.78 is 89.6. The molecule has 16 rings (SSSR count). The van der Waals surface area contributed by atoms with E-state index in [2.05, 4.69) is 93.7 Å². The van der Waals surface area contributed by atoms with Crippen LogP contribution in [0.1, 0.15) is 160 Å². The molecule has 0 spiro atoms. The molecular weight excluding hydrogens is 1450 g/mol. The molecule has 6 aromatic carbocycles. The number of amides is 4. The molecule has 3 N–H and O–H groups in total. The third-order valence-electron chi connectivity index (χ3n) is 23.8. The van der Waals surface area contributed by atoms with Crippen molar-refractivity contribution in [2.45, 2.75) is 195 Å². The van der Waals surface area contributed by atoms with Gasteiger partial charge in [-0.15, -0.1) is 0 Å². The highest BCUT2D eigenvalue weighted by Crippen LogP contribution is 2.49. The van der Waals surface area contributed by atoms with Crippen molar-refractivity contribution in [3.8, 4) is 56.3 Å². The van der Waals surface area contributed by atoms with Crippen molar-refractivity contribution in [1.29, 1.82) is 0 Å². The number of benzene rings is 6. The quantitative estimate of drug-likeness (QED) is 0.0387. The maximum Gasteiger partial charge on any atom is 0.410 e. The SMILES string of the molecule is COC(=O)C[C@H](C(=O)N1C[C@@H](COC(F)F)C[C@H]1C1=Nc2ccc3cc4c(cc3c2C1)OCc1cc(-c2cnc([C@@H]3CC[C@H](C)N3C(=O)[C@@H](NC(=O)OC)C(C)C)[nH]2)ccc1-4)C(C)C.C[C@H]1CC[C@@H](c2ncc(-c3ccc4c(c3)COc3cc5c6c(ccc5cc3-4)N=C([C@@H]3C[C@H](COC(F)F)CN3C(=O)OC(C)(C)C)C6)[nH]2)C1. The van der Waals surface area contributed by atoms with Gasteiger partial charge in [-0.2, -0.15) is 17.6 Å². The standard InChI is InChI=1S/C48H56F2N6O8.C39H42F2N4O4/c1-24(2)32(19-42(57)61-6)45(58)55-21-27(22-64-47(49)50)14-40(55)37-17-34-33-18-41-35(16-28(33)10-12-36(34)52-37)31-11-9-29(15-30(31)23-63-41)38-20-51-44(53-38)39-13-8-26(5)56(39)46(59)43(25(3)4)54-48(60)62-7;1-21-5-6-25(11-21)36-42-17-33(44-36)24-7-9-27-26(13-24)20-47-35-16-28-23(14-30(27)35)8-10-31-29(28)15-32(43-31)34-12-22(19-48-37(40)41)18-45(34)38(46)49-39(2,3)4/h9-12,15-16,18,20,24-27,32,39-40,43,47H,8,13-14,17,19,21-23H2,1-7H3,(H,51,53)(H,54,60);7-10,13-14,16-17,21-22,25,34,37H,5-6,11-12,15,18-20H2,1-4H3,(H,42,44)/t26-,27-,32-,39-,40-,43-;21-,22-,25+,34-/m00/s1. The van der Waals surface area contributed by atoms with Gasteiger partial charge in [-0.25, -0.2) is 19.6 Å². The molecule has 10 atom stereocenters. The second-order valence-electron chi connectivity index (χ2n) is 33.3. The Labute approximate surface area is 654 Å². The highest BCUT2D eigenvalue weighted by Gasteiger charge is 2.46. The number of esters is 1. The number of likely N-dealkylation sites (tertiary alicyclic amines) is 3. The number of fused-ring (bicyclic) bond motifs is 12. The number of aromatic amines is 2. The molecule has 8 aromatic rings. The monoisotopic (exact) mass is 1550 g/mol. The van der Waals surface area contributed by atoms with Crippen molar-refractivity contribution in [3.63, 3.8) is 0 Å². The van der Waals surface area contributed by atoms with Gasteiger partial charge < -0.3 is 58.2 Å². The van der Waals surface area contributed by atoms with E-state index in [4.69, 9.17) is 48.4 Å². The average molecular weight is 1550 g/mol. The summed E-state index contributed by atoms with van der Waals surface area (Å²) in [4.78, 5) is 97.5. The zero-order valence-corrected chi connectivity index (χ0v) is 65.7. The number of aromatic nitrogens is 4. The number of alkyl halides is 4. The van der Waals surface area contributed by atoms with E-state index in [0.29, 0.717) is 50.6 Å². The summed E-state index contributed by atoms with van der Waals surface area (Å²) >= 11 is 0. The maximum absolute atomic E-state index is 14.1. The molecule has 4 fully saturated rings. The van der Waals surface area contributed by atoms with Crippen LogP contribution in [-0.4, -0.2) is 160 Å². The van der Waals surface area contributed by atoms with Crippen LogP contribution in [0, 0.1) is 35.5 Å². The number of carbonyl (C=O) groups excluding carboxylic acids is 5. The molecule has 22 nitrogen and oxygen atoms in total. The minimum Gasteiger partial charge on any atom is -0.488 e. The largest absolute Gasteiger partial charge is 0.488 e. The van der Waals surface area contributed by atoms with Gasteiger partial charge >= 0.3 is 31.4 Å². The van der Waals surface area contributed by atoms with Crippen LogP contribution >= 0.6 is 0 Å². The van der Waals surface area contributed by atoms with E-state index in [0.717, 1.165) is 147 Å². The van der Waals surface area contributed by atoms with Crippen LogP contribution in [0.25, 0.3) is 66.3 Å². The Balaban J connectivity index is 0.000000184. The highest BCUT2D eigenvalue weighted by molar-refractivity contribution is 6.08. The van der Waals surface area contributed by atoms with Crippen molar-refractivity contribution in [1.82, 2.24) is 40.0 Å². The van der Waals surface area contributed by atoms with Crippen molar-refractivity contribution < 1.29 is 74.7 Å². The van der Waals surface area contributed by atoms with Crippen LogP contribution in [0.5, 0.6) is 11.5 Å². The third-order valence-corrected chi connectivity index (χ3v) is 23.8. The number of H-pyrrole nitrogens is 2. The number of nitrogens with one attached hydrogen (secondary N) is 3. The van der Waals surface area contributed by atoms with Crippen LogP contribution in [0.2, 0.25) is 0 Å². The summed E-state index contributed by atoms with van der Waals surface area (Å²) in [6.07, 6.45) is 9.64. The molecule has 0 unspecified atom stereocenters. The first kappa shape index (κ1) is 78.1. The second kappa shape index (κ2) is 32.0. The molecule has 9 heterocycles. The molecule has 596 valence electrons. The number of nitrogens with zero attached hydrogens (tertiary/aromatic N) is 7. The lowest BCUT2D eigenvalue weighted by molar-refractivity contribution is -0.148. The molecule has 1 saturated carbocycles. The summed E-state index contributed by atoms with van der Waals surface area (Å²) in [7, 11) is 2.57. The van der Waals surface area contributed by atoms with Gasteiger partial charge in [0.15, 0.2) is 0 Å². The number of rotatable bonds is 19. The minimum atomic E-state index is -2.92. The molecule has 26 heteroatoms. The maximum atomic E-state index is 14.1. The number of hydrogen-bond donors (Lipinski definition) is 3. The van der Waals surface area contributed by atoms with Crippen LogP contribution in [0.3, 0.4) is 0 Å². The molecule has 3 saturated heterocycles. The Kier molecular flexibility index (Phi) is 22.1. The first-order chi connectivity index (χ1) is 54.1. The predicted octanol–water partition coefficient (Wildman–Crippen LogP) is 17.3. The second-order valence-corrected chi connectivity index (χ2v) is 33.3. The Hall–Kier alpha value is -10.2. The number of ether oxygens (including phenoxy) is 7. The predicted molar refractivity (Wildman–Crippen MR) is 420 cm³/mol. The lowest BCUT2D eigenvalue weighted by atomic mass is 9.89. The van der Waals surface area contributed by atoms with E-state index >= 15 is 0 Å². The Morgan fingerprint density at radius 1 is 0.602 bits per heavy atom. The topological polar surface area (TPSA) is 254 Å². The third kappa shape index (κ3) is 16.1. The van der Waals surface area contributed by atoms with Gasteiger partial charge in [-0.1, -0.05) is 71.0 Å². The normalized spacial score (nSPS) is 21.9. The molecule has 0 radical (unpaired) electrons. The minimum absolute atomic E-state index is 0.0361. The fraction of sp³-hybridized carbons (Fsp3) is 0.483. The first-order valence-corrected chi connectivity index (χ1v) is 39.4. The lowest BCUT2D eigenvalue weighted by Gasteiger charge is -2.32. The van der Waals surface area contributed by atoms with Gasteiger partial charge in [0.05, 0.1) is 93.1 Å².